The monoisotopic (exact) mass is 246 g/mol. The standard InChI is InChI=1S/C9H8Cl2N2O2/c10-7-2-1-6(8(11)12-7)5-13-3-4-15-9(13)14/h1-2H,3-5H2. The van der Waals surface area contributed by atoms with Crippen LogP contribution >= 0.6 is 23.2 Å². The van der Waals surface area contributed by atoms with Gasteiger partial charge in [-0.3, -0.25) is 0 Å². The van der Waals surface area contributed by atoms with Crippen LogP contribution in [0.4, 0.5) is 4.79 Å². The van der Waals surface area contributed by atoms with E-state index in [9.17, 15) is 4.79 Å². The molecule has 1 saturated heterocycles. The van der Waals surface area contributed by atoms with E-state index in [0.717, 1.165) is 5.56 Å². The summed E-state index contributed by atoms with van der Waals surface area (Å²) < 4.78 is 4.80. The molecule has 0 radical (unpaired) electrons. The quantitative estimate of drug-likeness (QED) is 0.753. The smallest absolute Gasteiger partial charge is 0.410 e. The number of cyclic esters (lactones) is 1. The molecular weight excluding hydrogens is 239 g/mol. The summed E-state index contributed by atoms with van der Waals surface area (Å²) in [6, 6.07) is 3.40. The molecule has 1 amide bonds. The van der Waals surface area contributed by atoms with E-state index in [2.05, 4.69) is 4.98 Å². The molecule has 1 aliphatic heterocycles. The zero-order valence-electron chi connectivity index (χ0n) is 7.74. The number of rotatable bonds is 2. The first kappa shape index (κ1) is 10.5. The maximum Gasteiger partial charge on any atom is 0.410 e. The number of pyridine rings is 1. The van der Waals surface area contributed by atoms with Gasteiger partial charge in [0.2, 0.25) is 0 Å². The summed E-state index contributed by atoms with van der Waals surface area (Å²) in [5.41, 5.74) is 0.764. The van der Waals surface area contributed by atoms with Crippen LogP contribution in [0.5, 0.6) is 0 Å². The highest BCUT2D eigenvalue weighted by Gasteiger charge is 2.22. The van der Waals surface area contributed by atoms with Crippen LogP contribution in [0.1, 0.15) is 5.56 Å². The van der Waals surface area contributed by atoms with Crippen LogP contribution in [-0.4, -0.2) is 29.1 Å². The average molecular weight is 247 g/mol. The van der Waals surface area contributed by atoms with Gasteiger partial charge >= 0.3 is 6.09 Å². The van der Waals surface area contributed by atoms with Crippen LogP contribution in [0.3, 0.4) is 0 Å². The third-order valence-corrected chi connectivity index (χ3v) is 2.64. The van der Waals surface area contributed by atoms with Gasteiger partial charge in [0.05, 0.1) is 13.1 Å². The van der Waals surface area contributed by atoms with E-state index in [1.54, 1.807) is 17.0 Å². The molecule has 1 aromatic heterocycles. The number of ether oxygens (including phenoxy) is 1. The summed E-state index contributed by atoms with van der Waals surface area (Å²) in [6.45, 7) is 1.41. The molecule has 0 bridgehead atoms. The first-order valence-corrected chi connectivity index (χ1v) is 5.15. The Bertz CT molecular complexity index is 398. The molecule has 2 rings (SSSR count). The third kappa shape index (κ3) is 2.33. The molecule has 0 aromatic carbocycles. The minimum Gasteiger partial charge on any atom is -0.448 e. The highest BCUT2D eigenvalue weighted by molar-refractivity contribution is 6.32. The summed E-state index contributed by atoms with van der Waals surface area (Å²) in [7, 11) is 0. The molecule has 0 aliphatic carbocycles. The number of hydrogen-bond donors (Lipinski definition) is 0. The lowest BCUT2D eigenvalue weighted by molar-refractivity contribution is 0.157. The largest absolute Gasteiger partial charge is 0.448 e. The van der Waals surface area contributed by atoms with E-state index < -0.39 is 0 Å². The van der Waals surface area contributed by atoms with Gasteiger partial charge < -0.3 is 9.64 Å². The molecule has 4 nitrogen and oxygen atoms in total. The highest BCUT2D eigenvalue weighted by Crippen LogP contribution is 2.19. The van der Waals surface area contributed by atoms with Gasteiger partial charge in [-0.25, -0.2) is 9.78 Å². The summed E-state index contributed by atoms with van der Waals surface area (Å²) in [4.78, 5) is 16.6. The molecule has 1 aliphatic rings. The van der Waals surface area contributed by atoms with Gasteiger partial charge in [-0.05, 0) is 6.07 Å². The van der Waals surface area contributed by atoms with Gasteiger partial charge in [0.1, 0.15) is 16.9 Å². The average Bonchev–Trinajstić information content (AvgIpc) is 2.57. The van der Waals surface area contributed by atoms with E-state index in [-0.39, 0.29) is 6.09 Å². The lowest BCUT2D eigenvalue weighted by Crippen LogP contribution is -2.23. The Labute approximate surface area is 96.7 Å². The van der Waals surface area contributed by atoms with Gasteiger partial charge in [0, 0.05) is 5.56 Å². The number of halogens is 2. The summed E-state index contributed by atoms with van der Waals surface area (Å²) in [5.74, 6) is 0. The van der Waals surface area contributed by atoms with Crippen LogP contribution in [0.25, 0.3) is 0 Å². The Morgan fingerprint density at radius 2 is 2.27 bits per heavy atom. The van der Waals surface area contributed by atoms with E-state index >= 15 is 0 Å². The fraction of sp³-hybridized carbons (Fsp3) is 0.333. The van der Waals surface area contributed by atoms with Crippen molar-refractivity contribution >= 4 is 29.3 Å². The molecule has 80 valence electrons. The van der Waals surface area contributed by atoms with Gasteiger partial charge in [0.15, 0.2) is 0 Å². The van der Waals surface area contributed by atoms with E-state index in [4.69, 9.17) is 27.9 Å². The molecule has 0 N–H and O–H groups in total. The maximum absolute atomic E-state index is 11.2. The number of amides is 1. The van der Waals surface area contributed by atoms with Gasteiger partial charge in [-0.1, -0.05) is 29.3 Å². The zero-order valence-corrected chi connectivity index (χ0v) is 9.25. The van der Waals surface area contributed by atoms with E-state index in [0.29, 0.717) is 30.0 Å². The molecule has 0 saturated carbocycles. The molecule has 1 aromatic rings. The Morgan fingerprint density at radius 3 is 2.87 bits per heavy atom. The topological polar surface area (TPSA) is 42.4 Å². The molecule has 1 fully saturated rings. The van der Waals surface area contributed by atoms with Crippen molar-refractivity contribution in [2.24, 2.45) is 0 Å². The van der Waals surface area contributed by atoms with Gasteiger partial charge in [-0.2, -0.15) is 0 Å². The van der Waals surface area contributed by atoms with Gasteiger partial charge in [0.25, 0.3) is 0 Å². The van der Waals surface area contributed by atoms with Crippen molar-refractivity contribution in [3.8, 4) is 0 Å². The number of nitrogens with zero attached hydrogens (tertiary/aromatic N) is 2. The second-order valence-electron chi connectivity index (χ2n) is 3.12. The Hall–Kier alpha value is -1.00. The lowest BCUT2D eigenvalue weighted by Gasteiger charge is -2.12. The molecule has 0 spiro atoms. The second-order valence-corrected chi connectivity index (χ2v) is 3.87. The lowest BCUT2D eigenvalue weighted by atomic mass is 10.3. The van der Waals surface area contributed by atoms with Crippen molar-refractivity contribution in [1.29, 1.82) is 0 Å². The first-order valence-electron chi connectivity index (χ1n) is 4.39. The maximum atomic E-state index is 11.2. The minimum atomic E-state index is -0.319. The summed E-state index contributed by atoms with van der Waals surface area (Å²) in [5, 5.41) is 0.662. The Balaban J connectivity index is 2.13. The van der Waals surface area contributed by atoms with Crippen molar-refractivity contribution in [2.75, 3.05) is 13.2 Å². The van der Waals surface area contributed by atoms with Crippen LogP contribution in [0, 0.1) is 0 Å². The fourth-order valence-electron chi connectivity index (χ4n) is 1.33. The summed E-state index contributed by atoms with van der Waals surface area (Å²) >= 11 is 11.5. The normalized spacial score (nSPS) is 15.6. The molecule has 0 atom stereocenters. The van der Waals surface area contributed by atoms with Crippen molar-refractivity contribution < 1.29 is 9.53 Å². The molecule has 15 heavy (non-hydrogen) atoms. The predicted molar refractivity (Wildman–Crippen MR) is 56.0 cm³/mol. The van der Waals surface area contributed by atoms with E-state index in [1.165, 1.54) is 0 Å². The highest BCUT2D eigenvalue weighted by atomic mass is 35.5. The predicted octanol–water partition coefficient (Wildman–Crippen LogP) is 2.34. The Kier molecular flexibility index (Phi) is 2.98. The van der Waals surface area contributed by atoms with Crippen molar-refractivity contribution in [2.45, 2.75) is 6.54 Å². The zero-order chi connectivity index (χ0) is 10.8. The van der Waals surface area contributed by atoms with Crippen molar-refractivity contribution in [3.05, 3.63) is 28.0 Å². The number of aromatic nitrogens is 1. The molecule has 0 unspecified atom stereocenters. The van der Waals surface area contributed by atoms with E-state index in [1.807, 2.05) is 0 Å². The number of carbonyl (C=O) groups excluding carboxylic acids is 1. The number of carbonyl (C=O) groups is 1. The molecule has 6 heteroatoms. The van der Waals surface area contributed by atoms with Crippen LogP contribution in [0.2, 0.25) is 10.3 Å². The minimum absolute atomic E-state index is 0.319. The molecular formula is C9H8Cl2N2O2. The fourth-order valence-corrected chi connectivity index (χ4v) is 1.74. The third-order valence-electron chi connectivity index (χ3n) is 2.10. The van der Waals surface area contributed by atoms with Gasteiger partial charge in [-0.15, -0.1) is 0 Å². The Morgan fingerprint density at radius 1 is 1.47 bits per heavy atom. The van der Waals surface area contributed by atoms with Crippen LogP contribution in [-0.2, 0) is 11.3 Å². The first-order chi connectivity index (χ1) is 7.16. The van der Waals surface area contributed by atoms with Crippen molar-refractivity contribution in [1.82, 2.24) is 9.88 Å². The number of hydrogen-bond acceptors (Lipinski definition) is 3. The molecule has 2 heterocycles. The van der Waals surface area contributed by atoms with Crippen molar-refractivity contribution in [3.63, 3.8) is 0 Å². The summed E-state index contributed by atoms with van der Waals surface area (Å²) in [6.07, 6.45) is -0.319. The van der Waals surface area contributed by atoms with Crippen LogP contribution < -0.4 is 0 Å². The SMILES string of the molecule is O=C1OCCN1Cc1ccc(Cl)nc1Cl. The second kappa shape index (κ2) is 4.24. The van der Waals surface area contributed by atoms with Crippen LogP contribution in [0.15, 0.2) is 12.1 Å².